The zero-order valence-electron chi connectivity index (χ0n) is 16.2. The average Bonchev–Trinajstić information content (AvgIpc) is 2.67. The van der Waals surface area contributed by atoms with Crippen molar-refractivity contribution in [3.05, 3.63) is 60.2 Å². The van der Waals surface area contributed by atoms with Crippen molar-refractivity contribution in [2.24, 2.45) is 0 Å². The van der Waals surface area contributed by atoms with Gasteiger partial charge in [0.15, 0.2) is 0 Å². The molecule has 27 heavy (non-hydrogen) atoms. The van der Waals surface area contributed by atoms with Crippen LogP contribution in [0.3, 0.4) is 0 Å². The number of nitrogens with one attached hydrogen (secondary N) is 2. The van der Waals surface area contributed by atoms with Crippen molar-refractivity contribution in [1.29, 1.82) is 0 Å². The number of anilines is 2. The van der Waals surface area contributed by atoms with Crippen molar-refractivity contribution in [2.45, 2.75) is 39.2 Å². The molecule has 2 aromatic carbocycles. The highest BCUT2D eigenvalue weighted by molar-refractivity contribution is 5.91. The maximum atomic E-state index is 12.3. The van der Waals surface area contributed by atoms with Crippen LogP contribution in [0.15, 0.2) is 54.6 Å². The Morgan fingerprint density at radius 2 is 1.70 bits per heavy atom. The van der Waals surface area contributed by atoms with Gasteiger partial charge in [0.25, 0.3) is 0 Å². The van der Waals surface area contributed by atoms with Gasteiger partial charge in [-0.3, -0.25) is 9.59 Å². The van der Waals surface area contributed by atoms with Gasteiger partial charge in [-0.2, -0.15) is 0 Å². The summed E-state index contributed by atoms with van der Waals surface area (Å²) in [4.78, 5) is 26.0. The molecule has 0 aromatic heterocycles. The van der Waals surface area contributed by atoms with Crippen molar-refractivity contribution >= 4 is 23.2 Å². The van der Waals surface area contributed by atoms with E-state index in [0.717, 1.165) is 36.2 Å². The Kier molecular flexibility index (Phi) is 8.36. The molecule has 2 rings (SSSR count). The van der Waals surface area contributed by atoms with Crippen LogP contribution in [-0.4, -0.2) is 30.3 Å². The van der Waals surface area contributed by atoms with Gasteiger partial charge < -0.3 is 15.5 Å². The first-order valence-corrected chi connectivity index (χ1v) is 9.50. The second-order valence-corrected chi connectivity index (χ2v) is 6.68. The summed E-state index contributed by atoms with van der Waals surface area (Å²) in [5.41, 5.74) is 2.65. The molecule has 0 aliphatic carbocycles. The SMILES string of the molecule is CCCCCC(=O)Nc1cccc(NCC(=O)N(C)Cc2ccccc2)c1. The minimum atomic E-state index is 0.00728. The van der Waals surface area contributed by atoms with Gasteiger partial charge >= 0.3 is 0 Å². The van der Waals surface area contributed by atoms with Crippen LogP contribution >= 0.6 is 0 Å². The fourth-order valence-corrected chi connectivity index (χ4v) is 2.72. The highest BCUT2D eigenvalue weighted by Gasteiger charge is 2.09. The third-order valence-electron chi connectivity index (χ3n) is 4.29. The molecule has 5 heteroatoms. The summed E-state index contributed by atoms with van der Waals surface area (Å²) < 4.78 is 0. The summed E-state index contributed by atoms with van der Waals surface area (Å²) in [7, 11) is 1.80. The van der Waals surface area contributed by atoms with Gasteiger partial charge in [-0.15, -0.1) is 0 Å². The number of nitrogens with zero attached hydrogens (tertiary/aromatic N) is 1. The van der Waals surface area contributed by atoms with Crippen LogP contribution in [0.1, 0.15) is 38.2 Å². The second-order valence-electron chi connectivity index (χ2n) is 6.68. The van der Waals surface area contributed by atoms with Crippen LogP contribution in [-0.2, 0) is 16.1 Å². The molecule has 144 valence electrons. The van der Waals surface area contributed by atoms with Crippen molar-refractivity contribution in [1.82, 2.24) is 4.90 Å². The van der Waals surface area contributed by atoms with Gasteiger partial charge in [0.05, 0.1) is 6.54 Å². The van der Waals surface area contributed by atoms with E-state index in [1.807, 2.05) is 54.6 Å². The molecule has 0 aliphatic heterocycles. The van der Waals surface area contributed by atoms with E-state index in [1.165, 1.54) is 0 Å². The highest BCUT2D eigenvalue weighted by Crippen LogP contribution is 2.16. The zero-order valence-corrected chi connectivity index (χ0v) is 16.2. The second kappa shape index (κ2) is 11.0. The summed E-state index contributed by atoms with van der Waals surface area (Å²) in [5, 5.41) is 6.04. The lowest BCUT2D eigenvalue weighted by Gasteiger charge is -2.18. The molecular weight excluding hydrogens is 338 g/mol. The molecule has 0 unspecified atom stereocenters. The summed E-state index contributed by atoms with van der Waals surface area (Å²) in [6.45, 7) is 2.90. The summed E-state index contributed by atoms with van der Waals surface area (Å²) in [6.07, 6.45) is 3.60. The standard InChI is InChI=1S/C22H29N3O2/c1-3-4-6-14-21(26)24-20-13-9-12-19(15-20)23-16-22(27)25(2)17-18-10-7-5-8-11-18/h5,7-13,15,23H,3-4,6,14,16-17H2,1-2H3,(H,24,26). The molecule has 2 amide bonds. The van der Waals surface area contributed by atoms with Gasteiger partial charge in [-0.05, 0) is 30.2 Å². The van der Waals surface area contributed by atoms with E-state index in [2.05, 4.69) is 17.6 Å². The van der Waals surface area contributed by atoms with Gasteiger partial charge in [0.1, 0.15) is 0 Å². The van der Waals surface area contributed by atoms with Crippen LogP contribution in [0.25, 0.3) is 0 Å². The molecule has 2 aromatic rings. The lowest BCUT2D eigenvalue weighted by atomic mass is 10.2. The number of carbonyl (C=O) groups excluding carboxylic acids is 2. The molecule has 0 aliphatic rings. The van der Waals surface area contributed by atoms with Crippen LogP contribution in [0.5, 0.6) is 0 Å². The number of rotatable bonds is 10. The molecule has 0 fully saturated rings. The first kappa shape index (κ1) is 20.5. The molecule has 0 spiro atoms. The van der Waals surface area contributed by atoms with Crippen molar-refractivity contribution in [3.63, 3.8) is 0 Å². The Bertz CT molecular complexity index is 731. The van der Waals surface area contributed by atoms with E-state index in [1.54, 1.807) is 11.9 Å². The molecular formula is C22H29N3O2. The normalized spacial score (nSPS) is 10.3. The lowest BCUT2D eigenvalue weighted by Crippen LogP contribution is -2.31. The van der Waals surface area contributed by atoms with E-state index in [0.29, 0.717) is 13.0 Å². The summed E-state index contributed by atoms with van der Waals surface area (Å²) in [6, 6.07) is 17.4. The number of hydrogen-bond donors (Lipinski definition) is 2. The van der Waals surface area contributed by atoms with Crippen molar-refractivity contribution in [2.75, 3.05) is 24.2 Å². The third-order valence-corrected chi connectivity index (χ3v) is 4.29. The molecule has 2 N–H and O–H groups in total. The first-order chi connectivity index (χ1) is 13.1. The van der Waals surface area contributed by atoms with Crippen LogP contribution in [0, 0.1) is 0 Å². The third kappa shape index (κ3) is 7.52. The first-order valence-electron chi connectivity index (χ1n) is 9.50. The zero-order chi connectivity index (χ0) is 19.5. The fourth-order valence-electron chi connectivity index (χ4n) is 2.72. The monoisotopic (exact) mass is 367 g/mol. The smallest absolute Gasteiger partial charge is 0.241 e. The van der Waals surface area contributed by atoms with Gasteiger partial charge in [0, 0.05) is 31.4 Å². The Morgan fingerprint density at radius 1 is 0.963 bits per heavy atom. The fraction of sp³-hybridized carbons (Fsp3) is 0.364. The van der Waals surface area contributed by atoms with Gasteiger partial charge in [-0.1, -0.05) is 56.2 Å². The minimum absolute atomic E-state index is 0.00728. The van der Waals surface area contributed by atoms with Crippen molar-refractivity contribution < 1.29 is 9.59 Å². The van der Waals surface area contributed by atoms with Crippen LogP contribution in [0.4, 0.5) is 11.4 Å². The van der Waals surface area contributed by atoms with E-state index in [9.17, 15) is 9.59 Å². The molecule has 0 atom stereocenters. The minimum Gasteiger partial charge on any atom is -0.376 e. The molecule has 0 heterocycles. The van der Waals surface area contributed by atoms with E-state index < -0.39 is 0 Å². The Hall–Kier alpha value is -2.82. The average molecular weight is 367 g/mol. The number of carbonyl (C=O) groups is 2. The molecule has 0 bridgehead atoms. The van der Waals surface area contributed by atoms with Crippen LogP contribution in [0.2, 0.25) is 0 Å². The molecule has 0 radical (unpaired) electrons. The highest BCUT2D eigenvalue weighted by atomic mass is 16.2. The number of amides is 2. The molecule has 5 nitrogen and oxygen atoms in total. The summed E-state index contributed by atoms with van der Waals surface area (Å²) in [5.74, 6) is 0.0344. The number of unbranched alkanes of at least 4 members (excludes halogenated alkanes) is 2. The Labute approximate surface area is 161 Å². The largest absolute Gasteiger partial charge is 0.376 e. The van der Waals surface area contributed by atoms with Gasteiger partial charge in [0.2, 0.25) is 11.8 Å². The maximum absolute atomic E-state index is 12.3. The predicted octanol–water partition coefficient (Wildman–Crippen LogP) is 4.28. The quantitative estimate of drug-likeness (QED) is 0.616. The Morgan fingerprint density at radius 3 is 2.44 bits per heavy atom. The number of likely N-dealkylation sites (N-methyl/N-ethyl adjacent to an activating group) is 1. The molecule has 0 saturated heterocycles. The van der Waals surface area contributed by atoms with E-state index in [-0.39, 0.29) is 18.4 Å². The van der Waals surface area contributed by atoms with Gasteiger partial charge in [-0.25, -0.2) is 0 Å². The van der Waals surface area contributed by atoms with Crippen molar-refractivity contribution in [3.8, 4) is 0 Å². The summed E-state index contributed by atoms with van der Waals surface area (Å²) >= 11 is 0. The predicted molar refractivity (Wildman–Crippen MR) is 111 cm³/mol. The van der Waals surface area contributed by atoms with Crippen LogP contribution < -0.4 is 10.6 Å². The Balaban J connectivity index is 1.81. The lowest BCUT2D eigenvalue weighted by molar-refractivity contribution is -0.128. The van der Waals surface area contributed by atoms with E-state index in [4.69, 9.17) is 0 Å². The number of benzene rings is 2. The van der Waals surface area contributed by atoms with E-state index >= 15 is 0 Å². The topological polar surface area (TPSA) is 61.4 Å². The maximum Gasteiger partial charge on any atom is 0.241 e. The molecule has 0 saturated carbocycles. The number of hydrogen-bond acceptors (Lipinski definition) is 3.